The van der Waals surface area contributed by atoms with Gasteiger partial charge >= 0.3 is 0 Å². The van der Waals surface area contributed by atoms with Crippen molar-refractivity contribution in [1.82, 2.24) is 9.88 Å². The summed E-state index contributed by atoms with van der Waals surface area (Å²) in [7, 11) is 0. The second kappa shape index (κ2) is 7.41. The fourth-order valence-electron chi connectivity index (χ4n) is 2.71. The number of halogens is 1. The highest BCUT2D eigenvalue weighted by Crippen LogP contribution is 2.19. The third kappa shape index (κ3) is 3.71. The number of carbonyl (C=O) groups excluding carboxylic acids is 1. The zero-order valence-corrected chi connectivity index (χ0v) is 14.2. The van der Waals surface area contributed by atoms with Crippen LogP contribution in [0.25, 0.3) is 10.9 Å². The van der Waals surface area contributed by atoms with Crippen molar-refractivity contribution >= 4 is 28.4 Å². The number of rotatable bonds is 6. The number of aryl methyl sites for hydroxylation is 1. The van der Waals surface area contributed by atoms with Crippen molar-refractivity contribution in [2.75, 3.05) is 6.61 Å². The molecule has 0 aliphatic rings. The molecular formula is C19H19ClN2O2. The van der Waals surface area contributed by atoms with Gasteiger partial charge in [0.2, 0.25) is 0 Å². The molecule has 1 amide bonds. The smallest absolute Gasteiger partial charge is 0.258 e. The van der Waals surface area contributed by atoms with Gasteiger partial charge in [-0.1, -0.05) is 29.8 Å². The molecule has 24 heavy (non-hydrogen) atoms. The molecule has 1 N–H and O–H groups in total. The minimum atomic E-state index is -0.155. The van der Waals surface area contributed by atoms with Crippen LogP contribution in [-0.2, 0) is 17.9 Å². The predicted octanol–water partition coefficient (Wildman–Crippen LogP) is 4.01. The number of aromatic nitrogens is 1. The first-order valence-electron chi connectivity index (χ1n) is 7.89. The first-order valence-corrected chi connectivity index (χ1v) is 8.27. The number of amides is 1. The Balaban J connectivity index is 1.59. The third-order valence-electron chi connectivity index (χ3n) is 3.86. The van der Waals surface area contributed by atoms with Crippen molar-refractivity contribution in [2.24, 2.45) is 0 Å². The average molecular weight is 343 g/mol. The monoisotopic (exact) mass is 342 g/mol. The van der Waals surface area contributed by atoms with Crippen molar-refractivity contribution in [3.8, 4) is 5.75 Å². The molecule has 124 valence electrons. The summed E-state index contributed by atoms with van der Waals surface area (Å²) in [6.45, 7) is 3.42. The van der Waals surface area contributed by atoms with Crippen LogP contribution in [0.5, 0.6) is 5.75 Å². The van der Waals surface area contributed by atoms with E-state index in [1.54, 1.807) is 24.3 Å². The normalized spacial score (nSPS) is 10.8. The fourth-order valence-corrected chi connectivity index (χ4v) is 2.83. The molecule has 0 spiro atoms. The third-order valence-corrected chi connectivity index (χ3v) is 4.11. The molecular weight excluding hydrogens is 324 g/mol. The van der Waals surface area contributed by atoms with Crippen molar-refractivity contribution in [1.29, 1.82) is 0 Å². The number of benzene rings is 2. The van der Waals surface area contributed by atoms with Gasteiger partial charge in [-0.2, -0.15) is 0 Å². The average Bonchev–Trinajstić information content (AvgIpc) is 2.97. The number of fused-ring (bicyclic) bond motifs is 1. The van der Waals surface area contributed by atoms with E-state index in [0.717, 1.165) is 12.2 Å². The van der Waals surface area contributed by atoms with Crippen LogP contribution in [0.15, 0.2) is 54.6 Å². The number of nitrogens with zero attached hydrogens (tertiary/aromatic N) is 1. The van der Waals surface area contributed by atoms with Gasteiger partial charge in [-0.05, 0) is 48.7 Å². The molecule has 0 fully saturated rings. The van der Waals surface area contributed by atoms with Gasteiger partial charge in [0.25, 0.3) is 5.91 Å². The van der Waals surface area contributed by atoms with Crippen LogP contribution in [-0.4, -0.2) is 17.1 Å². The molecule has 3 rings (SSSR count). The Bertz CT molecular complexity index is 840. The van der Waals surface area contributed by atoms with E-state index in [4.69, 9.17) is 16.3 Å². The van der Waals surface area contributed by atoms with Crippen molar-refractivity contribution in [2.45, 2.75) is 20.0 Å². The van der Waals surface area contributed by atoms with E-state index in [9.17, 15) is 4.79 Å². The van der Waals surface area contributed by atoms with Crippen molar-refractivity contribution in [3.05, 3.63) is 65.3 Å². The Labute approximate surface area is 146 Å². The maximum atomic E-state index is 12.0. The maximum Gasteiger partial charge on any atom is 0.258 e. The van der Waals surface area contributed by atoms with Crippen molar-refractivity contribution in [3.63, 3.8) is 0 Å². The lowest BCUT2D eigenvalue weighted by atomic mass is 10.2. The number of hydrogen-bond acceptors (Lipinski definition) is 2. The zero-order valence-electron chi connectivity index (χ0n) is 13.5. The summed E-state index contributed by atoms with van der Waals surface area (Å²) in [6, 6.07) is 17.3. The van der Waals surface area contributed by atoms with Crippen LogP contribution in [0.2, 0.25) is 5.02 Å². The van der Waals surface area contributed by atoms with Gasteiger partial charge in [-0.25, -0.2) is 0 Å². The molecule has 0 unspecified atom stereocenters. The van der Waals surface area contributed by atoms with E-state index in [0.29, 0.717) is 17.3 Å². The van der Waals surface area contributed by atoms with E-state index < -0.39 is 0 Å². The lowest BCUT2D eigenvalue weighted by Gasteiger charge is -2.10. The number of para-hydroxylation sites is 1. The van der Waals surface area contributed by atoms with E-state index in [-0.39, 0.29) is 12.5 Å². The van der Waals surface area contributed by atoms with Crippen LogP contribution in [0, 0.1) is 0 Å². The van der Waals surface area contributed by atoms with Gasteiger partial charge in [-0.15, -0.1) is 0 Å². The summed E-state index contributed by atoms with van der Waals surface area (Å²) in [5, 5.41) is 4.73. The minimum Gasteiger partial charge on any atom is -0.484 e. The summed E-state index contributed by atoms with van der Waals surface area (Å²) >= 11 is 5.82. The van der Waals surface area contributed by atoms with Gasteiger partial charge < -0.3 is 14.6 Å². The molecule has 5 heteroatoms. The SMILES string of the molecule is CCn1c(CNC(=O)COc2ccc(Cl)cc2)cc2ccccc21. The van der Waals surface area contributed by atoms with Crippen LogP contribution in [0.1, 0.15) is 12.6 Å². The van der Waals surface area contributed by atoms with E-state index in [1.165, 1.54) is 10.9 Å². The first kappa shape index (κ1) is 16.4. The Kier molecular flexibility index (Phi) is 5.06. The van der Waals surface area contributed by atoms with E-state index >= 15 is 0 Å². The molecule has 4 nitrogen and oxygen atoms in total. The largest absolute Gasteiger partial charge is 0.484 e. The quantitative estimate of drug-likeness (QED) is 0.735. The van der Waals surface area contributed by atoms with E-state index in [2.05, 4.69) is 35.0 Å². The second-order valence-corrected chi connectivity index (χ2v) is 5.89. The van der Waals surface area contributed by atoms with Crippen LogP contribution in [0.4, 0.5) is 0 Å². The van der Waals surface area contributed by atoms with Crippen LogP contribution < -0.4 is 10.1 Å². The number of carbonyl (C=O) groups is 1. The second-order valence-electron chi connectivity index (χ2n) is 5.46. The summed E-state index contributed by atoms with van der Waals surface area (Å²) in [4.78, 5) is 12.0. The number of ether oxygens (including phenoxy) is 1. The Morgan fingerprint density at radius 1 is 1.17 bits per heavy atom. The van der Waals surface area contributed by atoms with Crippen LogP contribution >= 0.6 is 11.6 Å². The molecule has 2 aromatic carbocycles. The summed E-state index contributed by atoms with van der Waals surface area (Å²) < 4.78 is 7.65. The standard InChI is InChI=1S/C19H19ClN2O2/c1-2-22-16(11-14-5-3-4-6-18(14)22)12-21-19(23)13-24-17-9-7-15(20)8-10-17/h3-11H,2,12-13H2,1H3,(H,21,23). The highest BCUT2D eigenvalue weighted by molar-refractivity contribution is 6.30. The number of hydrogen-bond donors (Lipinski definition) is 1. The summed E-state index contributed by atoms with van der Waals surface area (Å²) in [6.07, 6.45) is 0. The molecule has 0 atom stereocenters. The highest BCUT2D eigenvalue weighted by atomic mass is 35.5. The van der Waals surface area contributed by atoms with Crippen LogP contribution in [0.3, 0.4) is 0 Å². The molecule has 0 aliphatic heterocycles. The molecule has 0 bridgehead atoms. The maximum absolute atomic E-state index is 12.0. The molecule has 0 saturated carbocycles. The van der Waals surface area contributed by atoms with Gasteiger partial charge in [0, 0.05) is 22.8 Å². The lowest BCUT2D eigenvalue weighted by molar-refractivity contribution is -0.123. The summed E-state index contributed by atoms with van der Waals surface area (Å²) in [5.41, 5.74) is 2.26. The van der Waals surface area contributed by atoms with Gasteiger partial charge in [-0.3, -0.25) is 4.79 Å². The molecule has 0 radical (unpaired) electrons. The minimum absolute atomic E-state index is 0.0199. The molecule has 1 aromatic heterocycles. The number of nitrogens with one attached hydrogen (secondary N) is 1. The Morgan fingerprint density at radius 3 is 2.67 bits per heavy atom. The Morgan fingerprint density at radius 2 is 1.92 bits per heavy atom. The molecule has 0 aliphatic carbocycles. The Hall–Kier alpha value is -2.46. The molecule has 0 saturated heterocycles. The predicted molar refractivity (Wildman–Crippen MR) is 96.4 cm³/mol. The van der Waals surface area contributed by atoms with Crippen molar-refractivity contribution < 1.29 is 9.53 Å². The topological polar surface area (TPSA) is 43.3 Å². The van der Waals surface area contributed by atoms with Gasteiger partial charge in [0.1, 0.15) is 5.75 Å². The molecule has 1 heterocycles. The fraction of sp³-hybridized carbons (Fsp3) is 0.211. The van der Waals surface area contributed by atoms with E-state index in [1.807, 2.05) is 12.1 Å². The lowest BCUT2D eigenvalue weighted by Crippen LogP contribution is -2.29. The van der Waals surface area contributed by atoms with Gasteiger partial charge in [0.15, 0.2) is 6.61 Å². The highest BCUT2D eigenvalue weighted by Gasteiger charge is 2.09. The zero-order chi connectivity index (χ0) is 16.9. The molecule has 3 aromatic rings. The van der Waals surface area contributed by atoms with Gasteiger partial charge in [0.05, 0.1) is 6.54 Å². The first-order chi connectivity index (χ1) is 11.7. The summed E-state index contributed by atoms with van der Waals surface area (Å²) in [5.74, 6) is 0.468.